The molecule has 2 heteroatoms. The highest BCUT2D eigenvalue weighted by Gasteiger charge is 2.19. The summed E-state index contributed by atoms with van der Waals surface area (Å²) in [7, 11) is 1.71. The lowest BCUT2D eigenvalue weighted by molar-refractivity contribution is 0.00624. The summed E-state index contributed by atoms with van der Waals surface area (Å²) < 4.78 is 5.20. The summed E-state index contributed by atoms with van der Waals surface area (Å²) >= 11 is 0. The third-order valence-electron chi connectivity index (χ3n) is 1.70. The zero-order chi connectivity index (χ0) is 7.33. The van der Waals surface area contributed by atoms with Crippen LogP contribution in [0.4, 0.5) is 0 Å². The molecule has 0 heterocycles. The second kappa shape index (κ2) is 3.85. The Morgan fingerprint density at radius 3 is 2.22 bits per heavy atom. The number of hydrogen-bond acceptors (Lipinski definition) is 2. The van der Waals surface area contributed by atoms with Crippen LogP contribution in [0.3, 0.4) is 0 Å². The highest BCUT2D eigenvalue weighted by molar-refractivity contribution is 4.74. The van der Waals surface area contributed by atoms with Crippen molar-refractivity contribution in [2.24, 2.45) is 5.73 Å². The van der Waals surface area contributed by atoms with Gasteiger partial charge in [0.15, 0.2) is 0 Å². The lowest BCUT2D eigenvalue weighted by Crippen LogP contribution is -2.36. The molecule has 0 amide bonds. The first-order valence-corrected chi connectivity index (χ1v) is 3.43. The average Bonchev–Trinajstić information content (AvgIpc) is 1.89. The molecular formula is C7H17NO. The Morgan fingerprint density at radius 2 is 2.11 bits per heavy atom. The van der Waals surface area contributed by atoms with Gasteiger partial charge >= 0.3 is 0 Å². The molecule has 0 rings (SSSR count). The minimum Gasteiger partial charge on any atom is -0.377 e. The fourth-order valence-electron chi connectivity index (χ4n) is 0.816. The molecule has 2 N–H and O–H groups in total. The summed E-state index contributed by atoms with van der Waals surface area (Å²) in [5.41, 5.74) is 5.39. The summed E-state index contributed by atoms with van der Waals surface area (Å²) in [6.07, 6.45) is 2.17. The quantitative estimate of drug-likeness (QED) is 0.621. The Labute approximate surface area is 57.4 Å². The topological polar surface area (TPSA) is 35.2 Å². The smallest absolute Gasteiger partial charge is 0.0772 e. The van der Waals surface area contributed by atoms with Gasteiger partial charge in [0.25, 0.3) is 0 Å². The van der Waals surface area contributed by atoms with Gasteiger partial charge in [-0.3, -0.25) is 0 Å². The molecular weight excluding hydrogens is 114 g/mol. The molecule has 0 aliphatic carbocycles. The van der Waals surface area contributed by atoms with E-state index in [2.05, 4.69) is 6.92 Å². The predicted molar refractivity (Wildman–Crippen MR) is 39.4 cm³/mol. The Bertz CT molecular complexity index is 69.3. The number of nitrogens with two attached hydrogens (primary N) is 1. The van der Waals surface area contributed by atoms with Gasteiger partial charge in [-0.1, -0.05) is 13.3 Å². The van der Waals surface area contributed by atoms with Crippen LogP contribution in [0.5, 0.6) is 0 Å². The predicted octanol–water partition coefficient (Wildman–Crippen LogP) is 1.15. The standard InChI is InChI=1S/C7H17NO/c1-4-5-7(2,6-8)9-3/h4-6,8H2,1-3H3/t7-/m1/s1. The number of ether oxygens (including phenoxy) is 1. The monoisotopic (exact) mass is 131 g/mol. The Morgan fingerprint density at radius 1 is 1.56 bits per heavy atom. The number of rotatable bonds is 4. The fourth-order valence-corrected chi connectivity index (χ4v) is 0.816. The van der Waals surface area contributed by atoms with Crippen LogP contribution < -0.4 is 5.73 Å². The van der Waals surface area contributed by atoms with Gasteiger partial charge in [0, 0.05) is 13.7 Å². The first kappa shape index (κ1) is 8.92. The summed E-state index contributed by atoms with van der Waals surface area (Å²) in [6, 6.07) is 0. The van der Waals surface area contributed by atoms with E-state index in [9.17, 15) is 0 Å². The van der Waals surface area contributed by atoms with E-state index in [0.717, 1.165) is 12.8 Å². The molecule has 1 atom stereocenters. The molecule has 0 aromatic heterocycles. The number of hydrogen-bond donors (Lipinski definition) is 1. The molecule has 56 valence electrons. The van der Waals surface area contributed by atoms with Crippen LogP contribution in [-0.4, -0.2) is 19.3 Å². The third-order valence-corrected chi connectivity index (χ3v) is 1.70. The van der Waals surface area contributed by atoms with Crippen molar-refractivity contribution >= 4 is 0 Å². The molecule has 0 spiro atoms. The first-order valence-electron chi connectivity index (χ1n) is 3.43. The van der Waals surface area contributed by atoms with Crippen LogP contribution in [0.1, 0.15) is 26.7 Å². The van der Waals surface area contributed by atoms with Gasteiger partial charge in [0.1, 0.15) is 0 Å². The van der Waals surface area contributed by atoms with Crippen LogP contribution in [0, 0.1) is 0 Å². The van der Waals surface area contributed by atoms with Crippen LogP contribution in [0.15, 0.2) is 0 Å². The van der Waals surface area contributed by atoms with Crippen LogP contribution in [0.2, 0.25) is 0 Å². The SMILES string of the molecule is CCC[C@](C)(CN)OC. The maximum atomic E-state index is 5.48. The minimum absolute atomic E-state index is 0.0885. The van der Waals surface area contributed by atoms with Crippen molar-refractivity contribution in [3.05, 3.63) is 0 Å². The van der Waals surface area contributed by atoms with Gasteiger partial charge in [-0.2, -0.15) is 0 Å². The molecule has 0 aromatic carbocycles. The molecule has 2 nitrogen and oxygen atoms in total. The second-order valence-corrected chi connectivity index (χ2v) is 2.61. The van der Waals surface area contributed by atoms with E-state index in [1.54, 1.807) is 7.11 Å². The van der Waals surface area contributed by atoms with Crippen LogP contribution in [0.25, 0.3) is 0 Å². The van der Waals surface area contributed by atoms with Gasteiger partial charge in [-0.15, -0.1) is 0 Å². The summed E-state index contributed by atoms with van der Waals surface area (Å²) in [6.45, 7) is 4.78. The second-order valence-electron chi connectivity index (χ2n) is 2.61. The third kappa shape index (κ3) is 2.82. The Hall–Kier alpha value is -0.0800. The van der Waals surface area contributed by atoms with E-state index in [0.29, 0.717) is 6.54 Å². The minimum atomic E-state index is -0.0885. The lowest BCUT2D eigenvalue weighted by atomic mass is 10.0. The van der Waals surface area contributed by atoms with Crippen molar-refractivity contribution in [1.82, 2.24) is 0 Å². The lowest BCUT2D eigenvalue weighted by Gasteiger charge is -2.25. The fraction of sp³-hybridized carbons (Fsp3) is 1.00. The molecule has 0 unspecified atom stereocenters. The molecule has 9 heavy (non-hydrogen) atoms. The van der Waals surface area contributed by atoms with Gasteiger partial charge in [-0.25, -0.2) is 0 Å². The van der Waals surface area contributed by atoms with Gasteiger partial charge in [0.2, 0.25) is 0 Å². The van der Waals surface area contributed by atoms with Crippen LogP contribution >= 0.6 is 0 Å². The zero-order valence-electron chi connectivity index (χ0n) is 6.61. The highest BCUT2D eigenvalue weighted by atomic mass is 16.5. The van der Waals surface area contributed by atoms with Crippen molar-refractivity contribution in [2.45, 2.75) is 32.3 Å². The maximum Gasteiger partial charge on any atom is 0.0772 e. The van der Waals surface area contributed by atoms with Crippen molar-refractivity contribution in [3.63, 3.8) is 0 Å². The van der Waals surface area contributed by atoms with Crippen LogP contribution in [-0.2, 0) is 4.74 Å². The number of methoxy groups -OCH3 is 1. The Kier molecular flexibility index (Phi) is 3.82. The van der Waals surface area contributed by atoms with Gasteiger partial charge in [0.05, 0.1) is 5.60 Å². The van der Waals surface area contributed by atoms with E-state index in [1.807, 2.05) is 6.92 Å². The summed E-state index contributed by atoms with van der Waals surface area (Å²) in [5, 5.41) is 0. The molecule has 0 fully saturated rings. The molecule has 0 saturated carbocycles. The van der Waals surface area contributed by atoms with E-state index >= 15 is 0 Å². The van der Waals surface area contributed by atoms with E-state index in [1.165, 1.54) is 0 Å². The van der Waals surface area contributed by atoms with E-state index < -0.39 is 0 Å². The summed E-state index contributed by atoms with van der Waals surface area (Å²) in [4.78, 5) is 0. The largest absolute Gasteiger partial charge is 0.377 e. The molecule has 0 radical (unpaired) electrons. The van der Waals surface area contributed by atoms with E-state index in [4.69, 9.17) is 10.5 Å². The molecule has 0 bridgehead atoms. The zero-order valence-corrected chi connectivity index (χ0v) is 6.61. The molecule has 0 aromatic rings. The molecule has 0 aliphatic rings. The molecule has 0 aliphatic heterocycles. The normalized spacial score (nSPS) is 17.3. The van der Waals surface area contributed by atoms with Gasteiger partial charge < -0.3 is 10.5 Å². The highest BCUT2D eigenvalue weighted by Crippen LogP contribution is 2.13. The molecule has 0 saturated heterocycles. The van der Waals surface area contributed by atoms with Crippen molar-refractivity contribution in [1.29, 1.82) is 0 Å². The Balaban J connectivity index is 3.62. The summed E-state index contributed by atoms with van der Waals surface area (Å²) in [5.74, 6) is 0. The average molecular weight is 131 g/mol. The van der Waals surface area contributed by atoms with Crippen molar-refractivity contribution < 1.29 is 4.74 Å². The van der Waals surface area contributed by atoms with Crippen molar-refractivity contribution in [2.75, 3.05) is 13.7 Å². The maximum absolute atomic E-state index is 5.48. The van der Waals surface area contributed by atoms with Gasteiger partial charge in [-0.05, 0) is 13.3 Å². The van der Waals surface area contributed by atoms with Crippen molar-refractivity contribution in [3.8, 4) is 0 Å². The van der Waals surface area contributed by atoms with E-state index in [-0.39, 0.29) is 5.60 Å². The first-order chi connectivity index (χ1) is 4.18.